The fourth-order valence-electron chi connectivity index (χ4n) is 1.36. The minimum absolute atomic E-state index is 0.434. The van der Waals surface area contributed by atoms with Crippen LogP contribution in [-0.2, 0) is 0 Å². The molecule has 1 aromatic heterocycles. The lowest BCUT2D eigenvalue weighted by atomic mass is 10.4. The fraction of sp³-hybridized carbons (Fsp3) is 0.385. The zero-order chi connectivity index (χ0) is 14.8. The normalized spacial score (nSPS) is 10.8. The highest BCUT2D eigenvalue weighted by Gasteiger charge is 2.01. The Morgan fingerprint density at radius 2 is 2.25 bits per heavy atom. The van der Waals surface area contributed by atoms with Gasteiger partial charge in [-0.1, -0.05) is 29.1 Å². The summed E-state index contributed by atoms with van der Waals surface area (Å²) in [5.41, 5.74) is 0. The third-order valence-corrected chi connectivity index (χ3v) is 2.68. The molecule has 3 N–H and O–H groups in total. The molecule has 0 aromatic carbocycles. The third kappa shape index (κ3) is 6.00. The van der Waals surface area contributed by atoms with Crippen molar-refractivity contribution in [3.63, 3.8) is 0 Å². The highest BCUT2D eigenvalue weighted by molar-refractivity contribution is 6.35. The van der Waals surface area contributed by atoms with Crippen molar-refractivity contribution in [3.8, 4) is 12.3 Å². The lowest BCUT2D eigenvalue weighted by Crippen LogP contribution is -2.37. The van der Waals surface area contributed by atoms with E-state index in [1.165, 1.54) is 6.20 Å². The van der Waals surface area contributed by atoms with Gasteiger partial charge in [0.05, 0.1) is 23.1 Å². The number of nitrogens with zero attached hydrogens (tertiary/aromatic N) is 2. The number of aliphatic imine (C=N–C) groups is 1. The van der Waals surface area contributed by atoms with Crippen molar-refractivity contribution in [2.75, 3.05) is 31.5 Å². The number of terminal acetylenes is 1. The molecular weight excluding hydrogens is 297 g/mol. The van der Waals surface area contributed by atoms with Gasteiger partial charge in [-0.3, -0.25) is 4.99 Å². The third-order valence-electron chi connectivity index (χ3n) is 2.18. The number of hydrogen-bond donors (Lipinski definition) is 3. The first-order valence-corrected chi connectivity index (χ1v) is 6.93. The second kappa shape index (κ2) is 9.29. The summed E-state index contributed by atoms with van der Waals surface area (Å²) in [5.74, 6) is 3.77. The molecule has 7 heteroatoms. The largest absolute Gasteiger partial charge is 0.367 e. The summed E-state index contributed by atoms with van der Waals surface area (Å²) < 4.78 is 0. The Kier molecular flexibility index (Phi) is 7.63. The maximum Gasteiger partial charge on any atom is 0.192 e. The quantitative estimate of drug-likeness (QED) is 0.325. The van der Waals surface area contributed by atoms with Gasteiger partial charge in [0.1, 0.15) is 5.82 Å². The van der Waals surface area contributed by atoms with Gasteiger partial charge < -0.3 is 16.0 Å². The highest BCUT2D eigenvalue weighted by Crippen LogP contribution is 2.21. The van der Waals surface area contributed by atoms with E-state index in [0.717, 1.165) is 6.54 Å². The first kappa shape index (κ1) is 16.4. The topological polar surface area (TPSA) is 61.3 Å². The Hall–Kier alpha value is -1.64. The van der Waals surface area contributed by atoms with E-state index in [9.17, 15) is 0 Å². The summed E-state index contributed by atoms with van der Waals surface area (Å²) in [7, 11) is 0. The molecule has 0 aliphatic carbocycles. The molecule has 0 spiro atoms. The summed E-state index contributed by atoms with van der Waals surface area (Å²) in [6, 6.07) is 1.64. The van der Waals surface area contributed by atoms with Gasteiger partial charge in [0.15, 0.2) is 5.96 Å². The predicted octanol–water partition coefficient (Wildman–Crippen LogP) is 1.99. The second-order valence-corrected chi connectivity index (χ2v) is 4.57. The van der Waals surface area contributed by atoms with Crippen molar-refractivity contribution < 1.29 is 0 Å². The standard InChI is InChI=1S/C13H17Cl2N5/c1-3-5-18-13(16-4-2)19-7-6-17-12-11(15)8-10(14)9-20-12/h1,8-9H,4-7H2,2H3,(H,17,20)(H2,16,18,19). The molecule has 0 radical (unpaired) electrons. The number of pyridine rings is 1. The zero-order valence-corrected chi connectivity index (χ0v) is 12.7. The molecular formula is C13H17Cl2N5. The molecule has 0 aliphatic heterocycles. The molecule has 0 saturated carbocycles. The summed E-state index contributed by atoms with van der Waals surface area (Å²) in [5, 5.41) is 10.2. The van der Waals surface area contributed by atoms with Gasteiger partial charge in [-0.05, 0) is 13.0 Å². The molecule has 20 heavy (non-hydrogen) atoms. The number of aromatic nitrogens is 1. The zero-order valence-electron chi connectivity index (χ0n) is 11.2. The minimum atomic E-state index is 0.434. The van der Waals surface area contributed by atoms with Crippen LogP contribution in [-0.4, -0.2) is 37.1 Å². The molecule has 108 valence electrons. The van der Waals surface area contributed by atoms with E-state index in [1.54, 1.807) is 6.07 Å². The molecule has 1 rings (SSSR count). The first-order chi connectivity index (χ1) is 9.67. The Morgan fingerprint density at radius 3 is 2.90 bits per heavy atom. The summed E-state index contributed by atoms with van der Waals surface area (Å²) >= 11 is 11.8. The molecule has 0 atom stereocenters. The molecule has 0 aliphatic rings. The van der Waals surface area contributed by atoms with Crippen LogP contribution in [0, 0.1) is 12.3 Å². The number of hydrogen-bond acceptors (Lipinski definition) is 3. The number of halogens is 2. The Balaban J connectivity index is 2.43. The Bertz CT molecular complexity index is 496. The van der Waals surface area contributed by atoms with Crippen molar-refractivity contribution in [2.45, 2.75) is 6.92 Å². The molecule has 0 amide bonds. The van der Waals surface area contributed by atoms with Crippen molar-refractivity contribution >= 4 is 35.0 Å². The molecule has 0 saturated heterocycles. The number of rotatable bonds is 6. The van der Waals surface area contributed by atoms with Gasteiger partial charge in [-0.25, -0.2) is 4.98 Å². The Morgan fingerprint density at radius 1 is 1.45 bits per heavy atom. The summed E-state index contributed by atoms with van der Waals surface area (Å²) in [4.78, 5) is 8.45. The van der Waals surface area contributed by atoms with Crippen molar-refractivity contribution in [1.29, 1.82) is 0 Å². The van der Waals surface area contributed by atoms with E-state index in [1.807, 2.05) is 6.92 Å². The van der Waals surface area contributed by atoms with Crippen LogP contribution in [0.3, 0.4) is 0 Å². The average Bonchev–Trinajstić information content (AvgIpc) is 2.42. The van der Waals surface area contributed by atoms with E-state index < -0.39 is 0 Å². The maximum absolute atomic E-state index is 6.00. The molecule has 1 heterocycles. The molecule has 0 fully saturated rings. The minimum Gasteiger partial charge on any atom is -0.367 e. The SMILES string of the molecule is C#CCNC(=NCCNc1ncc(Cl)cc1Cl)NCC. The smallest absolute Gasteiger partial charge is 0.192 e. The number of guanidine groups is 1. The molecule has 0 bridgehead atoms. The van der Waals surface area contributed by atoms with Gasteiger partial charge in [0.2, 0.25) is 0 Å². The van der Waals surface area contributed by atoms with E-state index in [2.05, 4.69) is 31.8 Å². The lowest BCUT2D eigenvalue weighted by molar-refractivity contribution is 0.864. The van der Waals surface area contributed by atoms with Crippen LogP contribution in [0.2, 0.25) is 10.0 Å². The van der Waals surface area contributed by atoms with Gasteiger partial charge in [0.25, 0.3) is 0 Å². The summed E-state index contributed by atoms with van der Waals surface area (Å²) in [6.45, 7) is 4.35. The van der Waals surface area contributed by atoms with Crippen LogP contribution in [0.1, 0.15) is 6.92 Å². The second-order valence-electron chi connectivity index (χ2n) is 3.73. The van der Waals surface area contributed by atoms with Crippen LogP contribution in [0.15, 0.2) is 17.3 Å². The maximum atomic E-state index is 6.00. The summed E-state index contributed by atoms with van der Waals surface area (Å²) in [6.07, 6.45) is 6.73. The lowest BCUT2D eigenvalue weighted by Gasteiger charge is -2.09. The van der Waals surface area contributed by atoms with Crippen LogP contribution in [0.5, 0.6) is 0 Å². The van der Waals surface area contributed by atoms with Crippen LogP contribution in [0.25, 0.3) is 0 Å². The number of anilines is 1. The molecule has 0 unspecified atom stereocenters. The molecule has 5 nitrogen and oxygen atoms in total. The monoisotopic (exact) mass is 313 g/mol. The van der Waals surface area contributed by atoms with Gasteiger partial charge >= 0.3 is 0 Å². The van der Waals surface area contributed by atoms with Crippen molar-refractivity contribution in [3.05, 3.63) is 22.3 Å². The first-order valence-electron chi connectivity index (χ1n) is 6.18. The van der Waals surface area contributed by atoms with Crippen LogP contribution in [0.4, 0.5) is 5.82 Å². The van der Waals surface area contributed by atoms with Crippen LogP contribution >= 0.6 is 23.2 Å². The van der Waals surface area contributed by atoms with Gasteiger partial charge in [0, 0.05) is 19.3 Å². The van der Waals surface area contributed by atoms with E-state index in [-0.39, 0.29) is 0 Å². The molecule has 1 aromatic rings. The van der Waals surface area contributed by atoms with E-state index in [0.29, 0.717) is 41.5 Å². The fourth-order valence-corrected chi connectivity index (χ4v) is 1.81. The highest BCUT2D eigenvalue weighted by atomic mass is 35.5. The van der Waals surface area contributed by atoms with Crippen LogP contribution < -0.4 is 16.0 Å². The van der Waals surface area contributed by atoms with Crippen molar-refractivity contribution in [1.82, 2.24) is 15.6 Å². The number of nitrogens with one attached hydrogen (secondary N) is 3. The van der Waals surface area contributed by atoms with Gasteiger partial charge in [-0.15, -0.1) is 6.42 Å². The average molecular weight is 314 g/mol. The van der Waals surface area contributed by atoms with E-state index >= 15 is 0 Å². The van der Waals surface area contributed by atoms with E-state index in [4.69, 9.17) is 29.6 Å². The Labute approximate surface area is 129 Å². The van der Waals surface area contributed by atoms with Crippen molar-refractivity contribution in [2.24, 2.45) is 4.99 Å². The predicted molar refractivity (Wildman–Crippen MR) is 85.6 cm³/mol. The van der Waals surface area contributed by atoms with Gasteiger partial charge in [-0.2, -0.15) is 0 Å².